The second-order valence-electron chi connectivity index (χ2n) is 7.86. The van der Waals surface area contributed by atoms with Crippen molar-refractivity contribution in [2.24, 2.45) is 0 Å². The summed E-state index contributed by atoms with van der Waals surface area (Å²) >= 11 is 2.85. The van der Waals surface area contributed by atoms with Crippen LogP contribution < -0.4 is 5.32 Å². The number of pyridine rings is 1. The molecule has 34 heavy (non-hydrogen) atoms. The Kier molecular flexibility index (Phi) is 7.54. The molecule has 0 aliphatic heterocycles. The second-order valence-corrected chi connectivity index (χ2v) is 9.97. The van der Waals surface area contributed by atoms with Gasteiger partial charge in [0.05, 0.1) is 16.3 Å². The topological polar surface area (TPSA) is 89.8 Å². The van der Waals surface area contributed by atoms with Gasteiger partial charge in [-0.1, -0.05) is 17.8 Å². The summed E-state index contributed by atoms with van der Waals surface area (Å²) in [7, 11) is 0. The largest absolute Gasteiger partial charge is 0.356 e. The van der Waals surface area contributed by atoms with E-state index in [1.54, 1.807) is 12.4 Å². The molecular formula is C25H25N5O2S2. The Morgan fingerprint density at radius 1 is 1.03 bits per heavy atom. The molecule has 0 saturated heterocycles. The molecule has 4 aromatic rings. The van der Waals surface area contributed by atoms with Gasteiger partial charge in [-0.15, -0.1) is 21.5 Å². The van der Waals surface area contributed by atoms with Crippen molar-refractivity contribution < 1.29 is 9.59 Å². The van der Waals surface area contributed by atoms with Gasteiger partial charge in [0, 0.05) is 36.3 Å². The number of benzene rings is 1. The predicted octanol–water partition coefficient (Wildman–Crippen LogP) is 4.66. The van der Waals surface area contributed by atoms with Crippen LogP contribution in [0.1, 0.15) is 32.6 Å². The fourth-order valence-electron chi connectivity index (χ4n) is 3.37. The Labute approximate surface area is 206 Å². The van der Waals surface area contributed by atoms with Gasteiger partial charge in [-0.3, -0.25) is 19.1 Å². The smallest absolute Gasteiger partial charge is 0.216 e. The summed E-state index contributed by atoms with van der Waals surface area (Å²) < 4.78 is 1.99. The van der Waals surface area contributed by atoms with Crippen LogP contribution in [-0.4, -0.2) is 43.7 Å². The Bertz CT molecular complexity index is 1310. The van der Waals surface area contributed by atoms with Crippen molar-refractivity contribution in [3.05, 3.63) is 75.7 Å². The van der Waals surface area contributed by atoms with Crippen LogP contribution in [0.25, 0.3) is 17.1 Å². The van der Waals surface area contributed by atoms with Gasteiger partial charge in [-0.25, -0.2) is 0 Å². The Hall–Kier alpha value is -3.30. The Morgan fingerprint density at radius 3 is 2.56 bits per heavy atom. The highest BCUT2D eigenvalue weighted by molar-refractivity contribution is 7.99. The lowest BCUT2D eigenvalue weighted by molar-refractivity contribution is -0.118. The number of amides is 1. The van der Waals surface area contributed by atoms with Gasteiger partial charge in [0.1, 0.15) is 0 Å². The van der Waals surface area contributed by atoms with Gasteiger partial charge in [0.2, 0.25) is 5.91 Å². The molecule has 0 bridgehead atoms. The van der Waals surface area contributed by atoms with Crippen molar-refractivity contribution in [1.82, 2.24) is 25.1 Å². The fourth-order valence-corrected chi connectivity index (χ4v) is 5.25. The average Bonchev–Trinajstić information content (AvgIpc) is 3.47. The third-order valence-corrected chi connectivity index (χ3v) is 7.45. The van der Waals surface area contributed by atoms with E-state index in [4.69, 9.17) is 0 Å². The SMILES string of the molecule is CC(=O)NCCc1ccc(C(=O)CSc2nnc(-c3ccncc3)n2-c2ccc(C)c(C)c2)s1. The first kappa shape index (κ1) is 23.8. The van der Waals surface area contributed by atoms with Gasteiger partial charge in [0.15, 0.2) is 16.8 Å². The standard InChI is InChI=1S/C25H25N5O2S2/c1-16-4-5-20(14-17(16)2)30-24(19-8-11-26-12-9-19)28-29-25(30)33-15-22(32)23-7-6-21(34-23)10-13-27-18(3)31/h4-9,11-12,14H,10,13,15H2,1-3H3,(H,27,31). The van der Waals surface area contributed by atoms with Crippen LogP contribution in [0.5, 0.6) is 0 Å². The number of rotatable bonds is 9. The Balaban J connectivity index is 1.55. The molecule has 0 fully saturated rings. The van der Waals surface area contributed by atoms with Crippen molar-refractivity contribution in [3.8, 4) is 17.1 Å². The van der Waals surface area contributed by atoms with Gasteiger partial charge >= 0.3 is 0 Å². The van der Waals surface area contributed by atoms with Crippen molar-refractivity contribution in [1.29, 1.82) is 0 Å². The third kappa shape index (κ3) is 5.60. The number of thioether (sulfide) groups is 1. The molecule has 0 aliphatic carbocycles. The van der Waals surface area contributed by atoms with Gasteiger partial charge in [0.25, 0.3) is 0 Å². The number of ketones is 1. The van der Waals surface area contributed by atoms with E-state index in [2.05, 4.69) is 46.5 Å². The molecule has 1 amide bonds. The second kappa shape index (κ2) is 10.8. The number of aryl methyl sites for hydroxylation is 2. The number of hydrogen-bond donors (Lipinski definition) is 1. The highest BCUT2D eigenvalue weighted by Gasteiger charge is 2.19. The van der Waals surface area contributed by atoms with Crippen molar-refractivity contribution >= 4 is 34.8 Å². The first-order chi connectivity index (χ1) is 16.4. The maximum Gasteiger partial charge on any atom is 0.216 e. The lowest BCUT2D eigenvalue weighted by Gasteiger charge is -2.12. The fraction of sp³-hybridized carbons (Fsp3) is 0.240. The quantitative estimate of drug-likeness (QED) is 0.271. The maximum atomic E-state index is 12.9. The van der Waals surface area contributed by atoms with Crippen LogP contribution in [0.3, 0.4) is 0 Å². The minimum absolute atomic E-state index is 0.0425. The van der Waals surface area contributed by atoms with Gasteiger partial charge in [-0.2, -0.15) is 0 Å². The minimum atomic E-state index is -0.0525. The molecule has 3 heterocycles. The summed E-state index contributed by atoms with van der Waals surface area (Å²) in [5.41, 5.74) is 4.23. The van der Waals surface area contributed by atoms with Gasteiger partial charge in [-0.05, 0) is 67.8 Å². The molecule has 1 aromatic carbocycles. The van der Waals surface area contributed by atoms with Crippen LogP contribution in [0.4, 0.5) is 0 Å². The lowest BCUT2D eigenvalue weighted by Crippen LogP contribution is -2.22. The summed E-state index contributed by atoms with van der Waals surface area (Å²) in [6.45, 7) is 6.22. The number of carbonyl (C=O) groups is 2. The van der Waals surface area contributed by atoms with E-state index in [0.717, 1.165) is 16.1 Å². The molecule has 9 heteroatoms. The van der Waals surface area contributed by atoms with Crippen molar-refractivity contribution in [2.75, 3.05) is 12.3 Å². The van der Waals surface area contributed by atoms with Crippen molar-refractivity contribution in [2.45, 2.75) is 32.3 Å². The molecule has 0 saturated carbocycles. The van der Waals surface area contributed by atoms with Crippen LogP contribution in [-0.2, 0) is 11.2 Å². The molecule has 0 unspecified atom stereocenters. The lowest BCUT2D eigenvalue weighted by atomic mass is 10.1. The number of hydrogen-bond acceptors (Lipinski definition) is 7. The highest BCUT2D eigenvalue weighted by atomic mass is 32.2. The molecular weight excluding hydrogens is 466 g/mol. The number of carbonyl (C=O) groups excluding carboxylic acids is 2. The van der Waals surface area contributed by atoms with Crippen LogP contribution in [0.15, 0.2) is 60.0 Å². The van der Waals surface area contributed by atoms with E-state index in [9.17, 15) is 9.59 Å². The number of nitrogens with one attached hydrogen (secondary N) is 1. The summed E-state index contributed by atoms with van der Waals surface area (Å²) in [6, 6.07) is 13.8. The monoisotopic (exact) mass is 491 g/mol. The molecule has 7 nitrogen and oxygen atoms in total. The summed E-state index contributed by atoms with van der Waals surface area (Å²) in [6.07, 6.45) is 4.16. The molecule has 0 aliphatic rings. The van der Waals surface area contributed by atoms with E-state index < -0.39 is 0 Å². The van der Waals surface area contributed by atoms with E-state index in [-0.39, 0.29) is 17.4 Å². The number of aromatic nitrogens is 4. The van der Waals surface area contributed by atoms with E-state index >= 15 is 0 Å². The molecule has 4 rings (SSSR count). The Morgan fingerprint density at radius 2 is 1.82 bits per heavy atom. The van der Waals surface area contributed by atoms with E-state index in [1.807, 2.05) is 34.9 Å². The minimum Gasteiger partial charge on any atom is -0.356 e. The van der Waals surface area contributed by atoms with E-state index in [1.165, 1.54) is 41.1 Å². The van der Waals surface area contributed by atoms with Gasteiger partial charge < -0.3 is 5.32 Å². The van der Waals surface area contributed by atoms with Crippen LogP contribution in [0, 0.1) is 13.8 Å². The zero-order valence-corrected chi connectivity index (χ0v) is 20.9. The maximum absolute atomic E-state index is 12.9. The molecule has 3 aromatic heterocycles. The first-order valence-electron chi connectivity index (χ1n) is 10.8. The number of Topliss-reactive ketones (excluding diaryl/α,β-unsaturated/α-hetero) is 1. The average molecular weight is 492 g/mol. The normalized spacial score (nSPS) is 10.9. The highest BCUT2D eigenvalue weighted by Crippen LogP contribution is 2.29. The molecule has 1 N–H and O–H groups in total. The summed E-state index contributed by atoms with van der Waals surface area (Å²) in [4.78, 5) is 29.8. The molecule has 0 atom stereocenters. The van der Waals surface area contributed by atoms with Crippen molar-refractivity contribution in [3.63, 3.8) is 0 Å². The van der Waals surface area contributed by atoms with Crippen LogP contribution in [0.2, 0.25) is 0 Å². The predicted molar refractivity (Wildman–Crippen MR) is 136 cm³/mol. The zero-order chi connectivity index (χ0) is 24.1. The molecule has 174 valence electrons. The molecule has 0 spiro atoms. The summed E-state index contributed by atoms with van der Waals surface area (Å²) in [5.74, 6) is 0.950. The number of nitrogens with zero attached hydrogens (tertiary/aromatic N) is 4. The summed E-state index contributed by atoms with van der Waals surface area (Å²) in [5, 5.41) is 12.3. The first-order valence-corrected chi connectivity index (χ1v) is 12.6. The number of thiophene rings is 1. The third-order valence-electron chi connectivity index (χ3n) is 5.33. The molecule has 0 radical (unpaired) electrons. The zero-order valence-electron chi connectivity index (χ0n) is 19.2. The van der Waals surface area contributed by atoms with E-state index in [0.29, 0.717) is 28.8 Å². The van der Waals surface area contributed by atoms with Crippen LogP contribution >= 0.6 is 23.1 Å².